The number of fused-ring (bicyclic) bond motifs is 1. The minimum absolute atomic E-state index is 0.446. The zero-order valence-corrected chi connectivity index (χ0v) is 15.1. The minimum atomic E-state index is 0.446. The largest absolute Gasteiger partial charge is 0.357 e. The van der Waals surface area contributed by atoms with E-state index in [-0.39, 0.29) is 0 Å². The standard InChI is InChI=1S/C19H29N5/c1-13(2)24-11-14(3)18(12-24)23-19(20-4)21-10-16-9-15-7-5-6-8-17(15)22-16/h5-9,13-14,18,22H,10-12H2,1-4H3,(H2,20,21,23). The number of aromatic nitrogens is 1. The van der Waals surface area contributed by atoms with Crippen LogP contribution in [-0.2, 0) is 6.54 Å². The van der Waals surface area contributed by atoms with E-state index in [4.69, 9.17) is 0 Å². The molecule has 1 saturated heterocycles. The van der Waals surface area contributed by atoms with Gasteiger partial charge in [-0.1, -0.05) is 25.1 Å². The first-order valence-corrected chi connectivity index (χ1v) is 8.84. The molecule has 24 heavy (non-hydrogen) atoms. The Morgan fingerprint density at radius 2 is 2.12 bits per heavy atom. The Hall–Kier alpha value is -2.01. The summed E-state index contributed by atoms with van der Waals surface area (Å²) in [5, 5.41) is 8.26. The molecule has 2 unspecified atom stereocenters. The molecule has 3 rings (SSSR count). The van der Waals surface area contributed by atoms with Crippen molar-refractivity contribution in [2.45, 2.75) is 39.4 Å². The number of hydrogen-bond acceptors (Lipinski definition) is 2. The van der Waals surface area contributed by atoms with Crippen LogP contribution in [-0.4, -0.2) is 48.1 Å². The van der Waals surface area contributed by atoms with Gasteiger partial charge in [-0.3, -0.25) is 9.89 Å². The zero-order chi connectivity index (χ0) is 17.1. The Balaban J connectivity index is 1.57. The van der Waals surface area contributed by atoms with Crippen molar-refractivity contribution >= 4 is 16.9 Å². The van der Waals surface area contributed by atoms with E-state index in [2.05, 4.69) is 76.6 Å². The van der Waals surface area contributed by atoms with Crippen LogP contribution in [0.2, 0.25) is 0 Å². The van der Waals surface area contributed by atoms with Crippen molar-refractivity contribution in [3.8, 4) is 0 Å². The van der Waals surface area contributed by atoms with Gasteiger partial charge < -0.3 is 15.6 Å². The van der Waals surface area contributed by atoms with E-state index in [0.29, 0.717) is 18.0 Å². The molecule has 130 valence electrons. The van der Waals surface area contributed by atoms with Crippen molar-refractivity contribution in [1.29, 1.82) is 0 Å². The van der Waals surface area contributed by atoms with Gasteiger partial charge in [-0.15, -0.1) is 0 Å². The molecule has 1 fully saturated rings. The Bertz CT molecular complexity index is 670. The molecular weight excluding hydrogens is 298 g/mol. The number of nitrogens with one attached hydrogen (secondary N) is 3. The second-order valence-electron chi connectivity index (χ2n) is 7.08. The number of para-hydroxylation sites is 1. The van der Waals surface area contributed by atoms with Crippen LogP contribution in [0.5, 0.6) is 0 Å². The first-order valence-electron chi connectivity index (χ1n) is 8.84. The summed E-state index contributed by atoms with van der Waals surface area (Å²) in [6, 6.07) is 11.6. The number of benzene rings is 1. The number of aliphatic imine (C=N–C) groups is 1. The summed E-state index contributed by atoms with van der Waals surface area (Å²) < 4.78 is 0. The highest BCUT2D eigenvalue weighted by atomic mass is 15.3. The van der Waals surface area contributed by atoms with Gasteiger partial charge in [0.1, 0.15) is 0 Å². The van der Waals surface area contributed by atoms with E-state index < -0.39 is 0 Å². The van der Waals surface area contributed by atoms with E-state index in [9.17, 15) is 0 Å². The van der Waals surface area contributed by atoms with Crippen molar-refractivity contribution in [3.05, 3.63) is 36.0 Å². The predicted octanol–water partition coefficient (Wildman–Crippen LogP) is 2.56. The molecule has 0 saturated carbocycles. The summed E-state index contributed by atoms with van der Waals surface area (Å²) in [6.45, 7) is 9.80. The van der Waals surface area contributed by atoms with E-state index in [1.807, 2.05) is 7.05 Å². The lowest BCUT2D eigenvalue weighted by molar-refractivity contribution is 0.265. The monoisotopic (exact) mass is 327 g/mol. The molecule has 3 N–H and O–H groups in total. The number of rotatable bonds is 4. The van der Waals surface area contributed by atoms with Gasteiger partial charge in [-0.2, -0.15) is 0 Å². The molecule has 2 heterocycles. The van der Waals surface area contributed by atoms with Crippen LogP contribution in [0.4, 0.5) is 0 Å². The molecule has 2 atom stereocenters. The van der Waals surface area contributed by atoms with E-state index in [0.717, 1.165) is 25.6 Å². The van der Waals surface area contributed by atoms with Gasteiger partial charge in [0.25, 0.3) is 0 Å². The maximum atomic E-state index is 4.39. The predicted molar refractivity (Wildman–Crippen MR) is 101 cm³/mol. The smallest absolute Gasteiger partial charge is 0.191 e. The fourth-order valence-electron chi connectivity index (χ4n) is 3.39. The quantitative estimate of drug-likeness (QED) is 0.597. The molecule has 0 bridgehead atoms. The van der Waals surface area contributed by atoms with Gasteiger partial charge in [0, 0.05) is 43.4 Å². The molecular formula is C19H29N5. The number of nitrogens with zero attached hydrogens (tertiary/aromatic N) is 2. The molecule has 1 aromatic heterocycles. The van der Waals surface area contributed by atoms with Crippen LogP contribution >= 0.6 is 0 Å². The van der Waals surface area contributed by atoms with Gasteiger partial charge in [0.15, 0.2) is 5.96 Å². The average Bonchev–Trinajstić information content (AvgIpc) is 3.14. The number of likely N-dealkylation sites (tertiary alicyclic amines) is 1. The van der Waals surface area contributed by atoms with Crippen LogP contribution in [0.3, 0.4) is 0 Å². The first-order chi connectivity index (χ1) is 11.6. The lowest BCUT2D eigenvalue weighted by atomic mass is 10.1. The topological polar surface area (TPSA) is 55.5 Å². The van der Waals surface area contributed by atoms with E-state index >= 15 is 0 Å². The third-order valence-electron chi connectivity index (χ3n) is 4.95. The van der Waals surface area contributed by atoms with Crippen molar-refractivity contribution in [3.63, 3.8) is 0 Å². The molecule has 0 aliphatic carbocycles. The lowest BCUT2D eigenvalue weighted by Crippen LogP contribution is -2.46. The highest BCUT2D eigenvalue weighted by molar-refractivity contribution is 5.82. The number of H-pyrrole nitrogens is 1. The number of hydrogen-bond donors (Lipinski definition) is 3. The normalized spacial score (nSPS) is 22.5. The summed E-state index contributed by atoms with van der Waals surface area (Å²) >= 11 is 0. The third-order valence-corrected chi connectivity index (χ3v) is 4.95. The second kappa shape index (κ2) is 7.26. The molecule has 5 heteroatoms. The van der Waals surface area contributed by atoms with Crippen molar-refractivity contribution in [1.82, 2.24) is 20.5 Å². The van der Waals surface area contributed by atoms with Gasteiger partial charge in [-0.25, -0.2) is 0 Å². The number of guanidine groups is 1. The summed E-state index contributed by atoms with van der Waals surface area (Å²) in [7, 11) is 1.83. The Labute approximate surface area is 144 Å². The summed E-state index contributed by atoms with van der Waals surface area (Å²) in [5.41, 5.74) is 2.34. The van der Waals surface area contributed by atoms with Crippen LogP contribution in [0.1, 0.15) is 26.5 Å². The van der Waals surface area contributed by atoms with Crippen LogP contribution in [0.25, 0.3) is 10.9 Å². The Morgan fingerprint density at radius 3 is 2.79 bits per heavy atom. The second-order valence-corrected chi connectivity index (χ2v) is 7.08. The lowest BCUT2D eigenvalue weighted by Gasteiger charge is -2.21. The summed E-state index contributed by atoms with van der Waals surface area (Å²) in [4.78, 5) is 10.4. The number of aromatic amines is 1. The van der Waals surface area contributed by atoms with Gasteiger partial charge in [0.2, 0.25) is 0 Å². The summed E-state index contributed by atoms with van der Waals surface area (Å²) in [5.74, 6) is 1.50. The van der Waals surface area contributed by atoms with Gasteiger partial charge in [-0.05, 0) is 37.3 Å². The fourth-order valence-corrected chi connectivity index (χ4v) is 3.39. The molecule has 1 aliphatic heterocycles. The Morgan fingerprint density at radius 1 is 1.33 bits per heavy atom. The fraction of sp³-hybridized carbons (Fsp3) is 0.526. The third kappa shape index (κ3) is 3.73. The first kappa shape index (κ1) is 16.8. The summed E-state index contributed by atoms with van der Waals surface area (Å²) in [6.07, 6.45) is 0. The molecule has 2 aromatic rings. The van der Waals surface area contributed by atoms with Gasteiger partial charge in [0.05, 0.1) is 6.54 Å². The Kier molecular flexibility index (Phi) is 5.09. The molecule has 0 radical (unpaired) electrons. The molecule has 0 amide bonds. The SMILES string of the molecule is CN=C(NCc1cc2ccccc2[nH]1)NC1CN(C(C)C)CC1C. The van der Waals surface area contributed by atoms with Crippen LogP contribution < -0.4 is 10.6 Å². The van der Waals surface area contributed by atoms with E-state index in [1.54, 1.807) is 0 Å². The zero-order valence-electron chi connectivity index (χ0n) is 15.1. The average molecular weight is 327 g/mol. The molecule has 1 aromatic carbocycles. The molecule has 5 nitrogen and oxygen atoms in total. The maximum Gasteiger partial charge on any atom is 0.191 e. The highest BCUT2D eigenvalue weighted by Crippen LogP contribution is 2.18. The highest BCUT2D eigenvalue weighted by Gasteiger charge is 2.31. The van der Waals surface area contributed by atoms with Gasteiger partial charge >= 0.3 is 0 Å². The molecule has 1 aliphatic rings. The van der Waals surface area contributed by atoms with Crippen molar-refractivity contribution in [2.75, 3.05) is 20.1 Å². The maximum absolute atomic E-state index is 4.39. The van der Waals surface area contributed by atoms with E-state index in [1.165, 1.54) is 16.6 Å². The van der Waals surface area contributed by atoms with Crippen molar-refractivity contribution in [2.24, 2.45) is 10.9 Å². The van der Waals surface area contributed by atoms with Crippen molar-refractivity contribution < 1.29 is 0 Å². The van der Waals surface area contributed by atoms with Crippen LogP contribution in [0, 0.1) is 5.92 Å². The minimum Gasteiger partial charge on any atom is -0.357 e. The van der Waals surface area contributed by atoms with Crippen LogP contribution in [0.15, 0.2) is 35.3 Å². The molecule has 0 spiro atoms.